The van der Waals surface area contributed by atoms with Crippen LogP contribution in [0.25, 0.3) is 0 Å². The summed E-state index contributed by atoms with van der Waals surface area (Å²) in [6.07, 6.45) is 1.46. The zero-order valence-electron chi connectivity index (χ0n) is 21.9. The van der Waals surface area contributed by atoms with Crippen LogP contribution in [0.2, 0.25) is 0 Å². The number of hydrogen-bond acceptors (Lipinski definition) is 7. The van der Waals surface area contributed by atoms with Crippen LogP contribution in [0.15, 0.2) is 41.3 Å². The topological polar surface area (TPSA) is 97.4 Å². The van der Waals surface area contributed by atoms with Crippen LogP contribution in [-0.4, -0.2) is 77.8 Å². The van der Waals surface area contributed by atoms with Gasteiger partial charge in [-0.15, -0.1) is 0 Å². The van der Waals surface area contributed by atoms with Crippen molar-refractivity contribution in [3.63, 3.8) is 0 Å². The molecule has 202 valence electrons. The minimum Gasteiger partial charge on any atom is -0.497 e. The predicted octanol–water partition coefficient (Wildman–Crippen LogP) is 2.63. The molecule has 2 aromatic rings. The van der Waals surface area contributed by atoms with Crippen molar-refractivity contribution in [2.75, 3.05) is 58.1 Å². The van der Waals surface area contributed by atoms with Crippen LogP contribution < -0.4 is 15.0 Å². The molecule has 0 bridgehead atoms. The van der Waals surface area contributed by atoms with E-state index in [1.54, 1.807) is 33.1 Å². The predicted molar refractivity (Wildman–Crippen MR) is 142 cm³/mol. The minimum absolute atomic E-state index is 0.114. The molecule has 1 amide bonds. The van der Waals surface area contributed by atoms with E-state index in [0.717, 1.165) is 44.0 Å². The first kappa shape index (κ1) is 27.4. The Bertz CT molecular complexity index is 1160. The van der Waals surface area contributed by atoms with Crippen LogP contribution in [0.1, 0.15) is 29.5 Å². The largest absolute Gasteiger partial charge is 0.497 e. The fraction of sp³-hybridized carbons (Fsp3) is 0.519. The maximum absolute atomic E-state index is 13.5. The van der Waals surface area contributed by atoms with Gasteiger partial charge in [-0.3, -0.25) is 4.79 Å². The molecule has 2 aliphatic heterocycles. The van der Waals surface area contributed by atoms with E-state index < -0.39 is 10.0 Å². The van der Waals surface area contributed by atoms with Gasteiger partial charge in [0.25, 0.3) is 0 Å². The maximum atomic E-state index is 13.5. The average molecular weight is 532 g/mol. The molecule has 37 heavy (non-hydrogen) atoms. The number of carbonyl (C=O) groups excluding carboxylic acids is 1. The van der Waals surface area contributed by atoms with Gasteiger partial charge in [0.15, 0.2) is 0 Å². The van der Waals surface area contributed by atoms with Crippen LogP contribution >= 0.6 is 0 Å². The molecule has 1 N–H and O–H groups in total. The summed E-state index contributed by atoms with van der Waals surface area (Å²) in [4.78, 5) is 15.0. The molecule has 1 atom stereocenters. The monoisotopic (exact) mass is 531 g/mol. The Morgan fingerprint density at radius 1 is 1.08 bits per heavy atom. The summed E-state index contributed by atoms with van der Waals surface area (Å²) in [5.74, 6) is 0.404. The van der Waals surface area contributed by atoms with Crippen molar-refractivity contribution in [2.24, 2.45) is 0 Å². The number of morpholine rings is 1. The van der Waals surface area contributed by atoms with Gasteiger partial charge >= 0.3 is 0 Å². The van der Waals surface area contributed by atoms with Crippen molar-refractivity contribution in [2.45, 2.75) is 44.2 Å². The number of hydrogen-bond donors (Lipinski definition) is 1. The molecule has 0 saturated carbocycles. The first-order chi connectivity index (χ1) is 17.8. The van der Waals surface area contributed by atoms with Gasteiger partial charge in [-0.05, 0) is 67.6 Å². The Kier molecular flexibility index (Phi) is 9.07. The van der Waals surface area contributed by atoms with Crippen molar-refractivity contribution in [1.29, 1.82) is 0 Å². The van der Waals surface area contributed by atoms with E-state index in [-0.39, 0.29) is 25.2 Å². The summed E-state index contributed by atoms with van der Waals surface area (Å²) in [5, 5.41) is 2.88. The summed E-state index contributed by atoms with van der Waals surface area (Å²) < 4.78 is 44.9. The molecule has 2 aromatic carbocycles. The smallest absolute Gasteiger partial charge is 0.246 e. The number of anilines is 1. The Hall–Kier alpha value is -2.66. The lowest BCUT2D eigenvalue weighted by Crippen LogP contribution is -2.39. The Morgan fingerprint density at radius 3 is 2.41 bits per heavy atom. The summed E-state index contributed by atoms with van der Waals surface area (Å²) in [5.41, 5.74) is 3.46. The lowest BCUT2D eigenvalue weighted by atomic mass is 10.1. The number of nitrogens with one attached hydrogen (secondary N) is 1. The summed E-state index contributed by atoms with van der Waals surface area (Å²) in [6.45, 7) is 7.71. The van der Waals surface area contributed by atoms with Gasteiger partial charge in [-0.25, -0.2) is 8.42 Å². The molecule has 2 saturated heterocycles. The molecule has 0 spiro atoms. The first-order valence-corrected chi connectivity index (χ1v) is 14.2. The van der Waals surface area contributed by atoms with Crippen LogP contribution in [0, 0.1) is 13.8 Å². The van der Waals surface area contributed by atoms with E-state index in [1.165, 1.54) is 4.31 Å². The lowest BCUT2D eigenvalue weighted by molar-refractivity contribution is -0.126. The zero-order chi connectivity index (χ0) is 26.4. The minimum atomic E-state index is -3.70. The normalized spacial score (nSPS) is 18.7. The highest BCUT2D eigenvalue weighted by Crippen LogP contribution is 2.32. The van der Waals surface area contributed by atoms with Crippen LogP contribution in [-0.2, 0) is 30.8 Å². The number of carbonyl (C=O) groups is 1. The third-order valence-electron chi connectivity index (χ3n) is 6.90. The van der Waals surface area contributed by atoms with Gasteiger partial charge in [0, 0.05) is 37.9 Å². The highest BCUT2D eigenvalue weighted by Gasteiger charge is 2.37. The number of benzene rings is 2. The Labute approximate surface area is 219 Å². The van der Waals surface area contributed by atoms with E-state index in [2.05, 4.69) is 22.3 Å². The van der Waals surface area contributed by atoms with Crippen LogP contribution in [0.3, 0.4) is 0 Å². The van der Waals surface area contributed by atoms with Gasteiger partial charge in [-0.1, -0.05) is 12.1 Å². The molecular formula is C27H37N3O6S. The maximum Gasteiger partial charge on any atom is 0.246 e. The van der Waals surface area contributed by atoms with Crippen molar-refractivity contribution in [3.8, 4) is 5.75 Å². The lowest BCUT2D eigenvalue weighted by Gasteiger charge is -2.28. The Morgan fingerprint density at radius 2 is 1.76 bits per heavy atom. The number of sulfonamides is 1. The van der Waals surface area contributed by atoms with E-state index in [0.29, 0.717) is 41.3 Å². The third kappa shape index (κ3) is 6.62. The first-order valence-electron chi connectivity index (χ1n) is 12.7. The fourth-order valence-electron chi connectivity index (χ4n) is 5.03. The quantitative estimate of drug-likeness (QED) is 0.503. The van der Waals surface area contributed by atoms with Crippen molar-refractivity contribution in [3.05, 3.63) is 53.1 Å². The number of ether oxygens (including phenoxy) is 3. The molecular weight excluding hydrogens is 494 g/mol. The second kappa shape index (κ2) is 12.3. The molecule has 1 unspecified atom stereocenters. The molecule has 0 radical (unpaired) electrons. The zero-order valence-corrected chi connectivity index (χ0v) is 22.7. The summed E-state index contributed by atoms with van der Waals surface area (Å²) in [7, 11) is -2.13. The number of aryl methyl sites for hydroxylation is 2. The van der Waals surface area contributed by atoms with Crippen molar-refractivity contribution >= 4 is 21.6 Å². The second-order valence-electron chi connectivity index (χ2n) is 9.56. The molecule has 0 aromatic heterocycles. The molecule has 2 fully saturated rings. The number of nitrogens with zero attached hydrogens (tertiary/aromatic N) is 2. The molecule has 0 aliphatic carbocycles. The number of methoxy groups -OCH3 is 1. The van der Waals surface area contributed by atoms with Crippen molar-refractivity contribution < 1.29 is 27.4 Å². The highest BCUT2D eigenvalue weighted by molar-refractivity contribution is 7.89. The molecule has 2 aliphatic rings. The van der Waals surface area contributed by atoms with E-state index in [1.807, 2.05) is 12.1 Å². The molecule has 2 heterocycles. The summed E-state index contributed by atoms with van der Waals surface area (Å²) >= 11 is 0. The van der Waals surface area contributed by atoms with E-state index in [4.69, 9.17) is 14.2 Å². The number of rotatable bonds is 10. The fourth-order valence-corrected chi connectivity index (χ4v) is 7.12. The van der Waals surface area contributed by atoms with Crippen LogP contribution in [0.4, 0.5) is 5.69 Å². The Balaban J connectivity index is 1.26. The molecule has 9 nitrogen and oxygen atoms in total. The van der Waals surface area contributed by atoms with Gasteiger partial charge in [-0.2, -0.15) is 4.31 Å². The molecule has 4 rings (SSSR count). The third-order valence-corrected chi connectivity index (χ3v) is 9.16. The van der Waals surface area contributed by atoms with Gasteiger partial charge < -0.3 is 24.4 Å². The van der Waals surface area contributed by atoms with E-state index >= 15 is 0 Å². The molecule has 10 heteroatoms. The van der Waals surface area contributed by atoms with Gasteiger partial charge in [0.1, 0.15) is 12.4 Å². The number of amides is 1. The average Bonchev–Trinajstić information content (AvgIpc) is 3.37. The summed E-state index contributed by atoms with van der Waals surface area (Å²) in [6, 6.07) is 11.3. The van der Waals surface area contributed by atoms with E-state index in [9.17, 15) is 13.2 Å². The highest BCUT2D eigenvalue weighted by atomic mass is 32.2. The van der Waals surface area contributed by atoms with Gasteiger partial charge in [0.05, 0.1) is 31.8 Å². The van der Waals surface area contributed by atoms with Crippen molar-refractivity contribution in [1.82, 2.24) is 9.62 Å². The van der Waals surface area contributed by atoms with Crippen LogP contribution in [0.5, 0.6) is 5.75 Å². The second-order valence-corrected chi connectivity index (χ2v) is 11.4. The SMILES string of the molecule is COc1cc(C)c(S(=O)(=O)N2CCCC2COCC(=O)NCc2ccc(N3CCOCC3)cc2)c(C)c1. The van der Waals surface area contributed by atoms with Gasteiger partial charge in [0.2, 0.25) is 15.9 Å². The standard InChI is InChI=1S/C27H37N3O6S/c1-20-15-25(34-3)16-21(2)27(20)37(32,33)30-10-4-5-24(30)18-36-19-26(31)28-17-22-6-8-23(9-7-22)29-11-13-35-14-12-29/h6-9,15-16,24H,4-5,10-14,17-19H2,1-3H3,(H,28,31).